The first kappa shape index (κ1) is 11.4. The average molecular weight is 247 g/mol. The van der Waals surface area contributed by atoms with Gasteiger partial charge in [0.25, 0.3) is 0 Å². The molecule has 3 nitrogen and oxygen atoms in total. The molecule has 0 aliphatic heterocycles. The number of anilines is 1. The number of rotatable bonds is 2. The highest BCUT2D eigenvalue weighted by Gasteiger charge is 2.06. The Balaban J connectivity index is 2.04. The van der Waals surface area contributed by atoms with Crippen LogP contribution >= 0.6 is 0 Å². The first-order valence-corrected chi connectivity index (χ1v) is 6.07. The van der Waals surface area contributed by atoms with Gasteiger partial charge in [0.05, 0.1) is 5.69 Å². The number of nitrogens with zero attached hydrogens (tertiary/aromatic N) is 2. The fourth-order valence-corrected chi connectivity index (χ4v) is 2.01. The molecule has 0 radical (unpaired) electrons. The van der Waals surface area contributed by atoms with E-state index in [-0.39, 0.29) is 0 Å². The third kappa shape index (κ3) is 2.31. The lowest BCUT2D eigenvalue weighted by molar-refractivity contribution is 1.30. The molecule has 0 unspecified atom stereocenters. The summed E-state index contributed by atoms with van der Waals surface area (Å²) in [6.45, 7) is 0. The maximum absolute atomic E-state index is 6.05. The van der Waals surface area contributed by atoms with Gasteiger partial charge in [0.2, 0.25) is 0 Å². The fourth-order valence-electron chi connectivity index (χ4n) is 2.01. The smallest absolute Gasteiger partial charge is 0.132 e. The fraction of sp³-hybridized carbons (Fsp3) is 0. The van der Waals surface area contributed by atoms with Crippen molar-refractivity contribution < 1.29 is 0 Å². The number of nitrogen functional groups attached to an aromatic ring is 1. The number of benzene rings is 1. The van der Waals surface area contributed by atoms with Crippen LogP contribution in [0.4, 0.5) is 5.82 Å². The predicted molar refractivity (Wildman–Crippen MR) is 77.3 cm³/mol. The van der Waals surface area contributed by atoms with E-state index in [0.29, 0.717) is 5.82 Å². The second-order valence-corrected chi connectivity index (χ2v) is 4.24. The first-order chi connectivity index (χ1) is 9.34. The largest absolute Gasteiger partial charge is 0.383 e. The van der Waals surface area contributed by atoms with Crippen LogP contribution in [0.5, 0.6) is 0 Å². The van der Waals surface area contributed by atoms with Crippen LogP contribution < -0.4 is 5.73 Å². The van der Waals surface area contributed by atoms with E-state index in [2.05, 4.69) is 9.97 Å². The molecule has 3 aromatic rings. The summed E-state index contributed by atoms with van der Waals surface area (Å²) in [7, 11) is 0. The molecule has 3 heteroatoms. The van der Waals surface area contributed by atoms with E-state index >= 15 is 0 Å². The zero-order valence-electron chi connectivity index (χ0n) is 10.3. The lowest BCUT2D eigenvalue weighted by Gasteiger charge is -2.07. The van der Waals surface area contributed by atoms with Crippen LogP contribution in [0.3, 0.4) is 0 Å². The summed E-state index contributed by atoms with van der Waals surface area (Å²) in [6, 6.07) is 17.8. The molecule has 0 saturated heterocycles. The Morgan fingerprint density at radius 3 is 2.26 bits per heavy atom. The van der Waals surface area contributed by atoms with E-state index in [1.54, 1.807) is 12.4 Å². The molecule has 19 heavy (non-hydrogen) atoms. The Kier molecular flexibility index (Phi) is 2.94. The van der Waals surface area contributed by atoms with Crippen molar-refractivity contribution in [1.82, 2.24) is 9.97 Å². The van der Waals surface area contributed by atoms with E-state index in [9.17, 15) is 0 Å². The van der Waals surface area contributed by atoms with Crippen molar-refractivity contribution in [2.24, 2.45) is 0 Å². The number of aromatic nitrogens is 2. The summed E-state index contributed by atoms with van der Waals surface area (Å²) in [5, 5.41) is 0. The number of hydrogen-bond donors (Lipinski definition) is 1. The van der Waals surface area contributed by atoms with Crippen molar-refractivity contribution in [3.8, 4) is 22.4 Å². The summed E-state index contributed by atoms with van der Waals surface area (Å²) >= 11 is 0. The van der Waals surface area contributed by atoms with Gasteiger partial charge in [-0.05, 0) is 18.2 Å². The molecule has 0 amide bonds. The van der Waals surface area contributed by atoms with E-state index < -0.39 is 0 Å². The molecule has 0 aliphatic rings. The minimum absolute atomic E-state index is 0.523. The summed E-state index contributed by atoms with van der Waals surface area (Å²) < 4.78 is 0. The molecule has 2 aromatic heterocycles. The summed E-state index contributed by atoms with van der Waals surface area (Å²) in [5.41, 5.74) is 9.88. The molecule has 1 aromatic carbocycles. The van der Waals surface area contributed by atoms with Crippen molar-refractivity contribution in [3.63, 3.8) is 0 Å². The third-order valence-corrected chi connectivity index (χ3v) is 2.97. The van der Waals surface area contributed by atoms with Gasteiger partial charge in [-0.25, -0.2) is 4.98 Å². The highest BCUT2D eigenvalue weighted by molar-refractivity contribution is 5.76. The standard InChI is InChI=1S/C16H13N3/c17-16-14(13-7-4-10-18-11-13)8-9-15(19-16)12-5-2-1-3-6-12/h1-11H,(H2,17,19). The topological polar surface area (TPSA) is 51.8 Å². The van der Waals surface area contributed by atoms with Crippen molar-refractivity contribution >= 4 is 5.82 Å². The quantitative estimate of drug-likeness (QED) is 0.755. The first-order valence-electron chi connectivity index (χ1n) is 6.07. The highest BCUT2D eigenvalue weighted by atomic mass is 14.8. The van der Waals surface area contributed by atoms with Crippen LogP contribution in [-0.4, -0.2) is 9.97 Å². The molecule has 0 aliphatic carbocycles. The molecule has 0 atom stereocenters. The van der Waals surface area contributed by atoms with Gasteiger partial charge >= 0.3 is 0 Å². The molecule has 0 bridgehead atoms. The van der Waals surface area contributed by atoms with E-state index in [0.717, 1.165) is 22.4 Å². The van der Waals surface area contributed by atoms with Gasteiger partial charge in [0, 0.05) is 29.1 Å². The highest BCUT2D eigenvalue weighted by Crippen LogP contribution is 2.26. The van der Waals surface area contributed by atoms with Crippen molar-refractivity contribution in [3.05, 3.63) is 67.0 Å². The lowest BCUT2D eigenvalue weighted by atomic mass is 10.1. The number of pyridine rings is 2. The molecule has 0 saturated carbocycles. The zero-order valence-corrected chi connectivity index (χ0v) is 10.3. The number of hydrogen-bond acceptors (Lipinski definition) is 3. The second kappa shape index (κ2) is 4.90. The molecular formula is C16H13N3. The molecule has 3 rings (SSSR count). The van der Waals surface area contributed by atoms with Crippen molar-refractivity contribution in [2.45, 2.75) is 0 Å². The molecular weight excluding hydrogens is 234 g/mol. The average Bonchev–Trinajstić information content (AvgIpc) is 2.49. The Labute approximate surface area is 111 Å². The zero-order chi connectivity index (χ0) is 13.1. The molecule has 0 fully saturated rings. The van der Waals surface area contributed by atoms with Crippen LogP contribution in [0.25, 0.3) is 22.4 Å². The van der Waals surface area contributed by atoms with Crippen LogP contribution in [-0.2, 0) is 0 Å². The van der Waals surface area contributed by atoms with Gasteiger partial charge in [0.1, 0.15) is 5.82 Å². The maximum Gasteiger partial charge on any atom is 0.132 e. The minimum Gasteiger partial charge on any atom is -0.383 e. The van der Waals surface area contributed by atoms with Crippen LogP contribution in [0, 0.1) is 0 Å². The van der Waals surface area contributed by atoms with E-state index in [4.69, 9.17) is 5.73 Å². The lowest BCUT2D eigenvalue weighted by Crippen LogP contribution is -1.96. The van der Waals surface area contributed by atoms with Gasteiger partial charge in [-0.2, -0.15) is 0 Å². The summed E-state index contributed by atoms with van der Waals surface area (Å²) in [4.78, 5) is 8.57. The van der Waals surface area contributed by atoms with Gasteiger partial charge in [-0.15, -0.1) is 0 Å². The molecule has 92 valence electrons. The Bertz CT molecular complexity index is 679. The molecule has 0 spiro atoms. The van der Waals surface area contributed by atoms with E-state index in [1.807, 2.05) is 54.6 Å². The van der Waals surface area contributed by atoms with Gasteiger partial charge in [-0.1, -0.05) is 36.4 Å². The monoisotopic (exact) mass is 247 g/mol. The van der Waals surface area contributed by atoms with Crippen molar-refractivity contribution in [1.29, 1.82) is 0 Å². The Morgan fingerprint density at radius 2 is 1.58 bits per heavy atom. The van der Waals surface area contributed by atoms with E-state index in [1.165, 1.54) is 0 Å². The summed E-state index contributed by atoms with van der Waals surface area (Å²) in [5.74, 6) is 0.523. The second-order valence-electron chi connectivity index (χ2n) is 4.24. The van der Waals surface area contributed by atoms with Crippen molar-refractivity contribution in [2.75, 3.05) is 5.73 Å². The Hall–Kier alpha value is -2.68. The summed E-state index contributed by atoms with van der Waals surface area (Å²) in [6.07, 6.45) is 3.53. The van der Waals surface area contributed by atoms with Crippen LogP contribution in [0.2, 0.25) is 0 Å². The van der Waals surface area contributed by atoms with Gasteiger partial charge in [0.15, 0.2) is 0 Å². The predicted octanol–water partition coefficient (Wildman–Crippen LogP) is 3.39. The van der Waals surface area contributed by atoms with Gasteiger partial charge in [-0.3, -0.25) is 4.98 Å². The Morgan fingerprint density at radius 1 is 0.789 bits per heavy atom. The minimum atomic E-state index is 0.523. The normalized spacial score (nSPS) is 10.3. The van der Waals surface area contributed by atoms with Crippen LogP contribution in [0.1, 0.15) is 0 Å². The van der Waals surface area contributed by atoms with Gasteiger partial charge < -0.3 is 5.73 Å². The number of nitrogens with two attached hydrogens (primary N) is 1. The maximum atomic E-state index is 6.05. The molecule has 2 heterocycles. The molecule has 2 N–H and O–H groups in total. The third-order valence-electron chi connectivity index (χ3n) is 2.97. The SMILES string of the molecule is Nc1nc(-c2ccccc2)ccc1-c1cccnc1. The van der Waals surface area contributed by atoms with Crippen LogP contribution in [0.15, 0.2) is 67.0 Å².